The molecular weight excluding hydrogens is 254 g/mol. The molecule has 2 heterocycles. The van der Waals surface area contributed by atoms with Crippen LogP contribution in [0.4, 0.5) is 0 Å². The molecule has 0 radical (unpaired) electrons. The Bertz CT molecular complexity index is 793. The molecule has 0 bridgehead atoms. The lowest BCUT2D eigenvalue weighted by Crippen LogP contribution is -2.02. The fraction of sp³-hybridized carbons (Fsp3) is 0.286. The Hall–Kier alpha value is -2.68. The number of hydrogen-bond acceptors (Lipinski definition) is 5. The Balaban J connectivity index is 2.00. The molecule has 0 aliphatic carbocycles. The smallest absolute Gasteiger partial charge is 0.248 e. The van der Waals surface area contributed by atoms with Gasteiger partial charge in [0.25, 0.3) is 0 Å². The van der Waals surface area contributed by atoms with Crippen molar-refractivity contribution in [1.29, 1.82) is 5.26 Å². The normalized spacial score (nSPS) is 11.1. The van der Waals surface area contributed by atoms with Gasteiger partial charge < -0.3 is 4.52 Å². The molecule has 20 heavy (non-hydrogen) atoms. The summed E-state index contributed by atoms with van der Waals surface area (Å²) in [7, 11) is 0. The van der Waals surface area contributed by atoms with Crippen LogP contribution in [0.1, 0.15) is 37.2 Å². The number of nitrogens with zero attached hydrogens (tertiary/aromatic N) is 5. The van der Waals surface area contributed by atoms with Gasteiger partial charge in [-0.05, 0) is 12.1 Å². The largest absolute Gasteiger partial charge is 0.337 e. The zero-order valence-corrected chi connectivity index (χ0v) is 11.2. The molecule has 6 heteroatoms. The number of nitriles is 1. The fourth-order valence-electron chi connectivity index (χ4n) is 2.03. The molecule has 100 valence electrons. The molecule has 6 nitrogen and oxygen atoms in total. The zero-order valence-electron chi connectivity index (χ0n) is 11.2. The van der Waals surface area contributed by atoms with Crippen molar-refractivity contribution in [1.82, 2.24) is 19.9 Å². The first-order valence-corrected chi connectivity index (χ1v) is 6.37. The number of fused-ring (bicyclic) bond motifs is 1. The van der Waals surface area contributed by atoms with Crippen molar-refractivity contribution in [2.24, 2.45) is 0 Å². The fourth-order valence-corrected chi connectivity index (χ4v) is 2.03. The summed E-state index contributed by atoms with van der Waals surface area (Å²) in [5.41, 5.74) is 1.29. The van der Waals surface area contributed by atoms with Crippen molar-refractivity contribution in [3.8, 4) is 6.07 Å². The Morgan fingerprint density at radius 1 is 1.35 bits per heavy atom. The molecule has 0 spiro atoms. The Kier molecular flexibility index (Phi) is 2.95. The third-order valence-electron chi connectivity index (χ3n) is 3.05. The SMILES string of the molecule is CC(C)c1noc(Cn2nc(C#N)c3ccccc32)n1. The molecule has 0 unspecified atom stereocenters. The van der Waals surface area contributed by atoms with Gasteiger partial charge in [-0.3, -0.25) is 4.68 Å². The van der Waals surface area contributed by atoms with Gasteiger partial charge >= 0.3 is 0 Å². The van der Waals surface area contributed by atoms with Crippen molar-refractivity contribution in [3.63, 3.8) is 0 Å². The van der Waals surface area contributed by atoms with Crippen LogP contribution in [0.15, 0.2) is 28.8 Å². The van der Waals surface area contributed by atoms with E-state index in [9.17, 15) is 0 Å². The van der Waals surface area contributed by atoms with Crippen molar-refractivity contribution >= 4 is 10.9 Å². The monoisotopic (exact) mass is 267 g/mol. The van der Waals surface area contributed by atoms with Crippen molar-refractivity contribution < 1.29 is 4.52 Å². The van der Waals surface area contributed by atoms with Gasteiger partial charge in [-0.25, -0.2) is 0 Å². The van der Waals surface area contributed by atoms with Crippen LogP contribution in [0.25, 0.3) is 10.9 Å². The van der Waals surface area contributed by atoms with Crippen LogP contribution in [0.5, 0.6) is 0 Å². The Labute approximate surface area is 115 Å². The summed E-state index contributed by atoms with van der Waals surface area (Å²) in [4.78, 5) is 4.33. The highest BCUT2D eigenvalue weighted by atomic mass is 16.5. The lowest BCUT2D eigenvalue weighted by atomic mass is 10.2. The van der Waals surface area contributed by atoms with Crippen molar-refractivity contribution in [3.05, 3.63) is 41.7 Å². The quantitative estimate of drug-likeness (QED) is 0.728. The van der Waals surface area contributed by atoms with Gasteiger partial charge in [0.1, 0.15) is 12.6 Å². The maximum Gasteiger partial charge on any atom is 0.248 e. The summed E-state index contributed by atoms with van der Waals surface area (Å²) < 4.78 is 6.93. The zero-order chi connectivity index (χ0) is 14.1. The number of aromatic nitrogens is 4. The first-order chi connectivity index (χ1) is 9.69. The van der Waals surface area contributed by atoms with E-state index in [1.807, 2.05) is 38.1 Å². The summed E-state index contributed by atoms with van der Waals surface area (Å²) in [6.45, 7) is 4.37. The molecule has 0 aliphatic heterocycles. The first kappa shape index (κ1) is 12.4. The molecule has 1 aromatic carbocycles. The van der Waals surface area contributed by atoms with Crippen LogP contribution in [-0.4, -0.2) is 19.9 Å². The second-order valence-corrected chi connectivity index (χ2v) is 4.84. The van der Waals surface area contributed by atoms with Crippen LogP contribution in [0, 0.1) is 11.3 Å². The average Bonchev–Trinajstić information content (AvgIpc) is 3.05. The third kappa shape index (κ3) is 2.03. The molecule has 3 rings (SSSR count). The van der Waals surface area contributed by atoms with E-state index >= 15 is 0 Å². The van der Waals surface area contributed by atoms with Crippen molar-refractivity contribution in [2.45, 2.75) is 26.3 Å². The average molecular weight is 267 g/mol. The molecule has 0 saturated heterocycles. The maximum atomic E-state index is 9.11. The van der Waals surface area contributed by atoms with Crippen LogP contribution in [0.3, 0.4) is 0 Å². The number of para-hydroxylation sites is 1. The molecule has 0 aliphatic rings. The number of rotatable bonds is 3. The van der Waals surface area contributed by atoms with Crippen LogP contribution >= 0.6 is 0 Å². The highest BCUT2D eigenvalue weighted by Crippen LogP contribution is 2.19. The van der Waals surface area contributed by atoms with Gasteiger partial charge in [0.05, 0.1) is 5.52 Å². The van der Waals surface area contributed by atoms with E-state index in [0.29, 0.717) is 24.0 Å². The third-order valence-corrected chi connectivity index (χ3v) is 3.05. The molecule has 0 N–H and O–H groups in total. The second-order valence-electron chi connectivity index (χ2n) is 4.84. The lowest BCUT2D eigenvalue weighted by molar-refractivity contribution is 0.361. The Morgan fingerprint density at radius 3 is 2.85 bits per heavy atom. The number of hydrogen-bond donors (Lipinski definition) is 0. The summed E-state index contributed by atoms with van der Waals surface area (Å²) in [6.07, 6.45) is 0. The first-order valence-electron chi connectivity index (χ1n) is 6.37. The van der Waals surface area contributed by atoms with Gasteiger partial charge in [-0.2, -0.15) is 15.3 Å². The van der Waals surface area contributed by atoms with E-state index in [4.69, 9.17) is 9.78 Å². The highest BCUT2D eigenvalue weighted by molar-refractivity contribution is 5.84. The van der Waals surface area contributed by atoms with E-state index in [1.54, 1.807) is 4.68 Å². The van der Waals surface area contributed by atoms with E-state index in [0.717, 1.165) is 10.9 Å². The molecule has 0 saturated carbocycles. The summed E-state index contributed by atoms with van der Waals surface area (Å²) in [5, 5.41) is 18.2. The van der Waals surface area contributed by atoms with Crippen molar-refractivity contribution in [2.75, 3.05) is 0 Å². The van der Waals surface area contributed by atoms with E-state index < -0.39 is 0 Å². The molecule has 3 aromatic rings. The lowest BCUT2D eigenvalue weighted by Gasteiger charge is -1.98. The molecular formula is C14H13N5O. The maximum absolute atomic E-state index is 9.11. The van der Waals surface area contributed by atoms with Gasteiger partial charge in [0.2, 0.25) is 5.89 Å². The van der Waals surface area contributed by atoms with Crippen LogP contribution in [0.2, 0.25) is 0 Å². The predicted octanol–water partition coefficient (Wildman–Crippen LogP) is 2.46. The van der Waals surface area contributed by atoms with Gasteiger partial charge in [0, 0.05) is 11.3 Å². The van der Waals surface area contributed by atoms with Gasteiger partial charge in [0.15, 0.2) is 11.5 Å². The van der Waals surface area contributed by atoms with Gasteiger partial charge in [-0.15, -0.1) is 0 Å². The van der Waals surface area contributed by atoms with Crippen LogP contribution in [-0.2, 0) is 6.54 Å². The minimum atomic E-state index is 0.219. The number of benzene rings is 1. The Morgan fingerprint density at radius 2 is 2.15 bits per heavy atom. The molecule has 0 atom stereocenters. The summed E-state index contributed by atoms with van der Waals surface area (Å²) >= 11 is 0. The topological polar surface area (TPSA) is 80.5 Å². The van der Waals surface area contributed by atoms with E-state index in [-0.39, 0.29) is 5.92 Å². The minimum absolute atomic E-state index is 0.219. The summed E-state index contributed by atoms with van der Waals surface area (Å²) in [6, 6.07) is 9.70. The minimum Gasteiger partial charge on any atom is -0.337 e. The predicted molar refractivity (Wildman–Crippen MR) is 71.9 cm³/mol. The summed E-state index contributed by atoms with van der Waals surface area (Å²) in [5.74, 6) is 1.39. The molecule has 2 aromatic heterocycles. The highest BCUT2D eigenvalue weighted by Gasteiger charge is 2.14. The van der Waals surface area contributed by atoms with E-state index in [2.05, 4.69) is 21.3 Å². The molecule has 0 amide bonds. The molecule has 0 fully saturated rings. The van der Waals surface area contributed by atoms with E-state index in [1.165, 1.54) is 0 Å². The second kappa shape index (κ2) is 4.78. The standard InChI is InChI=1S/C14H13N5O/c1-9(2)14-16-13(20-18-14)8-19-12-6-4-3-5-10(12)11(7-15)17-19/h3-6,9H,8H2,1-2H3. The van der Waals surface area contributed by atoms with Gasteiger partial charge in [-0.1, -0.05) is 31.1 Å². The van der Waals surface area contributed by atoms with Crippen LogP contribution < -0.4 is 0 Å².